The molecule has 0 aliphatic carbocycles. The molecule has 27 heavy (non-hydrogen) atoms. The van der Waals surface area contributed by atoms with Crippen molar-refractivity contribution in [1.29, 1.82) is 0 Å². The second kappa shape index (κ2) is 9.27. The summed E-state index contributed by atoms with van der Waals surface area (Å²) < 4.78 is 39.1. The molecule has 2 rings (SSSR count). The summed E-state index contributed by atoms with van der Waals surface area (Å²) in [5.41, 5.74) is -0.192. The predicted octanol–water partition coefficient (Wildman–Crippen LogP) is 4.25. The van der Waals surface area contributed by atoms with E-state index < -0.39 is 17.8 Å². The van der Waals surface area contributed by atoms with Crippen LogP contribution in [-0.4, -0.2) is 30.4 Å². The van der Waals surface area contributed by atoms with E-state index in [9.17, 15) is 18.0 Å². The van der Waals surface area contributed by atoms with Crippen molar-refractivity contribution < 1.29 is 18.0 Å². The fourth-order valence-electron chi connectivity index (χ4n) is 3.45. The number of hydrogen-bond acceptors (Lipinski definition) is 2. The third-order valence-electron chi connectivity index (χ3n) is 4.91. The Morgan fingerprint density at radius 2 is 2.00 bits per heavy atom. The van der Waals surface area contributed by atoms with Crippen LogP contribution in [0.4, 0.5) is 13.2 Å². The molecule has 0 saturated carbocycles. The molecule has 1 aliphatic heterocycles. The molecule has 0 bridgehead atoms. The molecule has 1 aromatic rings. The van der Waals surface area contributed by atoms with Crippen LogP contribution >= 0.6 is 0 Å². The molecular formula is C21H27F3N2O. The lowest BCUT2D eigenvalue weighted by Crippen LogP contribution is -2.41. The number of likely N-dealkylation sites (tertiary alicyclic amines) is 1. The quantitative estimate of drug-likeness (QED) is 0.748. The van der Waals surface area contributed by atoms with Gasteiger partial charge in [-0.2, -0.15) is 13.2 Å². The van der Waals surface area contributed by atoms with Gasteiger partial charge >= 0.3 is 6.18 Å². The second-order valence-corrected chi connectivity index (χ2v) is 7.57. The number of carbonyl (C=O) groups is 1. The molecule has 1 atom stereocenters. The van der Waals surface area contributed by atoms with Gasteiger partial charge in [0.05, 0.1) is 18.2 Å². The average molecular weight is 380 g/mol. The maximum Gasteiger partial charge on any atom is 0.416 e. The van der Waals surface area contributed by atoms with Crippen molar-refractivity contribution in [1.82, 2.24) is 10.2 Å². The molecule has 3 nitrogen and oxygen atoms in total. The average Bonchev–Trinajstić information content (AvgIpc) is 2.61. The fraction of sp³-hybridized carbons (Fsp3) is 0.571. The van der Waals surface area contributed by atoms with Gasteiger partial charge in [0, 0.05) is 5.92 Å². The first kappa shape index (κ1) is 21.3. The molecule has 1 saturated heterocycles. The summed E-state index contributed by atoms with van der Waals surface area (Å²) in [5.74, 6) is 2.64. The Kier molecular flexibility index (Phi) is 7.32. The highest BCUT2D eigenvalue weighted by Gasteiger charge is 2.32. The number of halogens is 3. The number of rotatable bonds is 6. The van der Waals surface area contributed by atoms with Gasteiger partial charge in [-0.3, -0.25) is 9.69 Å². The van der Waals surface area contributed by atoms with E-state index in [-0.39, 0.29) is 17.7 Å². The topological polar surface area (TPSA) is 32.3 Å². The third-order valence-corrected chi connectivity index (χ3v) is 4.91. The number of amides is 1. The minimum atomic E-state index is -4.40. The van der Waals surface area contributed by atoms with Gasteiger partial charge in [-0.05, 0) is 56.0 Å². The van der Waals surface area contributed by atoms with Gasteiger partial charge < -0.3 is 5.32 Å². The van der Waals surface area contributed by atoms with Gasteiger partial charge in [0.25, 0.3) is 0 Å². The molecule has 1 fully saturated rings. The van der Waals surface area contributed by atoms with Crippen molar-refractivity contribution >= 4 is 5.91 Å². The number of terminal acetylenes is 1. The van der Waals surface area contributed by atoms with Gasteiger partial charge in [-0.15, -0.1) is 6.42 Å². The molecule has 1 heterocycles. The smallest absolute Gasteiger partial charge is 0.349 e. The van der Waals surface area contributed by atoms with Crippen molar-refractivity contribution in [3.8, 4) is 12.3 Å². The zero-order chi connectivity index (χ0) is 20.0. The normalized spacial score (nSPS) is 17.5. The molecule has 0 radical (unpaired) electrons. The molecule has 0 spiro atoms. The van der Waals surface area contributed by atoms with Crippen LogP contribution in [-0.2, 0) is 11.0 Å². The summed E-state index contributed by atoms with van der Waals surface area (Å²) in [5, 5.41) is 2.99. The summed E-state index contributed by atoms with van der Waals surface area (Å²) in [6.45, 7) is 6.09. The maximum absolute atomic E-state index is 13.0. The van der Waals surface area contributed by atoms with Crippen LogP contribution in [0.3, 0.4) is 0 Å². The number of piperidine rings is 1. The van der Waals surface area contributed by atoms with Crippen molar-refractivity contribution in [2.75, 3.05) is 19.6 Å². The molecule has 1 N–H and O–H groups in total. The molecule has 1 aliphatic rings. The molecule has 148 valence electrons. The molecule has 0 aromatic heterocycles. The molecule has 1 amide bonds. The standard InChI is InChI=1S/C21H27F3N2O/c1-4-10-26-11-8-16(9-12-26)20(27)25-19(13-15(2)3)17-6-5-7-18(14-17)21(22,23)24/h1,5-7,14-16,19H,8-13H2,2-3H3,(H,25,27). The third kappa shape index (κ3) is 6.28. The Bertz CT molecular complexity index is 671. The van der Waals surface area contributed by atoms with Crippen LogP contribution in [0, 0.1) is 24.2 Å². The number of benzene rings is 1. The van der Waals surface area contributed by atoms with E-state index in [0.29, 0.717) is 31.4 Å². The zero-order valence-corrected chi connectivity index (χ0v) is 15.9. The zero-order valence-electron chi connectivity index (χ0n) is 15.9. The van der Waals surface area contributed by atoms with Gasteiger partial charge in [0.15, 0.2) is 0 Å². The van der Waals surface area contributed by atoms with E-state index in [2.05, 4.69) is 16.1 Å². The minimum absolute atomic E-state index is 0.0848. The number of hydrogen-bond donors (Lipinski definition) is 1. The molecule has 1 unspecified atom stereocenters. The Morgan fingerprint density at radius 3 is 2.56 bits per heavy atom. The highest BCUT2D eigenvalue weighted by molar-refractivity contribution is 5.79. The van der Waals surface area contributed by atoms with E-state index in [1.54, 1.807) is 6.07 Å². The van der Waals surface area contributed by atoms with E-state index >= 15 is 0 Å². The highest BCUT2D eigenvalue weighted by atomic mass is 19.4. The van der Waals surface area contributed by atoms with Crippen LogP contribution in [0.5, 0.6) is 0 Å². The monoisotopic (exact) mass is 380 g/mol. The lowest BCUT2D eigenvalue weighted by molar-refractivity contribution is -0.137. The Balaban J connectivity index is 2.09. The van der Waals surface area contributed by atoms with Gasteiger partial charge in [-0.1, -0.05) is 31.9 Å². The maximum atomic E-state index is 13.0. The lowest BCUT2D eigenvalue weighted by atomic mass is 9.92. The number of nitrogens with one attached hydrogen (secondary N) is 1. The van der Waals surface area contributed by atoms with Crippen molar-refractivity contribution in [3.05, 3.63) is 35.4 Å². The summed E-state index contributed by atoms with van der Waals surface area (Å²) in [6, 6.07) is 4.82. The van der Waals surface area contributed by atoms with Crippen LogP contribution in [0.25, 0.3) is 0 Å². The summed E-state index contributed by atoms with van der Waals surface area (Å²) in [4.78, 5) is 14.8. The Morgan fingerprint density at radius 1 is 1.33 bits per heavy atom. The second-order valence-electron chi connectivity index (χ2n) is 7.57. The SMILES string of the molecule is C#CCN1CCC(C(=O)NC(CC(C)C)c2cccc(C(F)(F)F)c2)CC1. The van der Waals surface area contributed by atoms with Gasteiger partial charge in [0.2, 0.25) is 5.91 Å². The minimum Gasteiger partial charge on any atom is -0.349 e. The Hall–Kier alpha value is -2.00. The molecular weight excluding hydrogens is 353 g/mol. The largest absolute Gasteiger partial charge is 0.416 e. The van der Waals surface area contributed by atoms with E-state index in [1.807, 2.05) is 13.8 Å². The lowest BCUT2D eigenvalue weighted by Gasteiger charge is -2.31. The summed E-state index contributed by atoms with van der Waals surface area (Å²) in [6.07, 6.45) is 2.94. The summed E-state index contributed by atoms with van der Waals surface area (Å²) in [7, 11) is 0. The van der Waals surface area contributed by atoms with Crippen LogP contribution in [0.2, 0.25) is 0 Å². The number of carbonyl (C=O) groups excluding carboxylic acids is 1. The van der Waals surface area contributed by atoms with Crippen molar-refractivity contribution in [3.63, 3.8) is 0 Å². The molecule has 1 aromatic carbocycles. The van der Waals surface area contributed by atoms with Gasteiger partial charge in [0.1, 0.15) is 0 Å². The van der Waals surface area contributed by atoms with E-state index in [4.69, 9.17) is 6.42 Å². The van der Waals surface area contributed by atoms with Crippen LogP contribution < -0.4 is 5.32 Å². The van der Waals surface area contributed by atoms with Crippen LogP contribution in [0.15, 0.2) is 24.3 Å². The first-order valence-electron chi connectivity index (χ1n) is 9.34. The van der Waals surface area contributed by atoms with Crippen molar-refractivity contribution in [2.24, 2.45) is 11.8 Å². The van der Waals surface area contributed by atoms with Gasteiger partial charge in [-0.25, -0.2) is 0 Å². The van der Waals surface area contributed by atoms with Crippen LogP contribution in [0.1, 0.15) is 50.3 Å². The molecule has 6 heteroatoms. The number of alkyl halides is 3. The van der Waals surface area contributed by atoms with E-state index in [1.165, 1.54) is 6.07 Å². The first-order chi connectivity index (χ1) is 12.7. The Labute approximate surface area is 159 Å². The van der Waals surface area contributed by atoms with Crippen molar-refractivity contribution in [2.45, 2.75) is 45.3 Å². The highest BCUT2D eigenvalue weighted by Crippen LogP contribution is 2.32. The first-order valence-corrected chi connectivity index (χ1v) is 9.34. The summed E-state index contributed by atoms with van der Waals surface area (Å²) >= 11 is 0. The van der Waals surface area contributed by atoms with E-state index in [0.717, 1.165) is 25.2 Å². The fourth-order valence-corrected chi connectivity index (χ4v) is 3.45. The number of nitrogens with zero attached hydrogens (tertiary/aromatic N) is 1. The predicted molar refractivity (Wildman–Crippen MR) is 99.8 cm³/mol.